The molecule has 1 aromatic heterocycles. The number of ether oxygens (including phenoxy) is 1. The fourth-order valence-corrected chi connectivity index (χ4v) is 1.94. The van der Waals surface area contributed by atoms with E-state index in [2.05, 4.69) is 6.20 Å². The van der Waals surface area contributed by atoms with Gasteiger partial charge in [-0.25, -0.2) is 4.79 Å². The number of nitrogens with two attached hydrogens (primary N) is 1. The molecule has 0 unspecified atom stereocenters. The molecule has 7 heteroatoms. The van der Waals surface area contributed by atoms with Crippen LogP contribution in [0.4, 0.5) is 10.5 Å². The number of benzene rings is 1. The maximum atomic E-state index is 11.2. The van der Waals surface area contributed by atoms with Crippen molar-refractivity contribution in [1.82, 2.24) is 4.57 Å². The molecule has 0 saturated carbocycles. The van der Waals surface area contributed by atoms with Crippen molar-refractivity contribution in [3.05, 3.63) is 34.0 Å². The Hall–Kier alpha value is -2.57. The Kier molecular flexibility index (Phi) is 2.66. The summed E-state index contributed by atoms with van der Waals surface area (Å²) in [4.78, 5) is 21.7. The number of primary amides is 1. The van der Waals surface area contributed by atoms with Crippen molar-refractivity contribution in [2.24, 2.45) is 5.73 Å². The summed E-state index contributed by atoms with van der Waals surface area (Å²) in [5, 5.41) is 11.5. The highest BCUT2D eigenvalue weighted by Gasteiger charge is 2.23. The van der Waals surface area contributed by atoms with Gasteiger partial charge in [0.2, 0.25) is 0 Å². The molecule has 18 heavy (non-hydrogen) atoms. The first-order valence-electron chi connectivity index (χ1n) is 5.02. The summed E-state index contributed by atoms with van der Waals surface area (Å²) in [6, 6.07) is 1.95. The van der Waals surface area contributed by atoms with Crippen LogP contribution in [0.3, 0.4) is 0 Å². The van der Waals surface area contributed by atoms with Crippen LogP contribution >= 0.6 is 0 Å². The number of carbonyl (C=O) groups excluding carboxylic acids is 1. The summed E-state index contributed by atoms with van der Waals surface area (Å²) in [5.74, 6) is 0.465. The van der Waals surface area contributed by atoms with Crippen molar-refractivity contribution in [2.75, 3.05) is 7.11 Å². The Bertz CT molecular complexity index is 660. The smallest absolute Gasteiger partial charge is 0.324 e. The number of non-ortho nitro benzene ring substituents is 1. The number of carbonyl (C=O) groups is 1. The van der Waals surface area contributed by atoms with Crippen LogP contribution < -0.4 is 10.5 Å². The normalized spacial score (nSPS) is 10.6. The average molecular weight is 248 g/mol. The van der Waals surface area contributed by atoms with Gasteiger partial charge in [0.1, 0.15) is 11.3 Å². The van der Waals surface area contributed by atoms with Gasteiger partial charge >= 0.3 is 6.03 Å². The number of methoxy groups -OCH3 is 1. The topological polar surface area (TPSA) is 100 Å². The van der Waals surface area contributed by atoms with E-state index in [1.807, 2.05) is 0 Å². The van der Waals surface area contributed by atoms with Gasteiger partial charge in [-0.3, -0.25) is 14.7 Å². The van der Waals surface area contributed by atoms with E-state index in [0.29, 0.717) is 16.7 Å². The van der Waals surface area contributed by atoms with Crippen molar-refractivity contribution in [3.63, 3.8) is 0 Å². The zero-order chi connectivity index (χ0) is 13.4. The molecule has 2 rings (SSSR count). The largest absolute Gasteiger partial charge is 0.496 e. The van der Waals surface area contributed by atoms with E-state index >= 15 is 0 Å². The SMILES string of the molecule is COc1c(C)cc([N+](=O)[O-])c2c1c[c]n2C(N)=O. The fraction of sp³-hybridized carbons (Fsp3) is 0.182. The van der Waals surface area contributed by atoms with Crippen LogP contribution in [0.2, 0.25) is 0 Å². The number of hydrogen-bond acceptors (Lipinski definition) is 4. The molecule has 1 amide bonds. The molecule has 0 aliphatic rings. The van der Waals surface area contributed by atoms with Gasteiger partial charge in [0, 0.05) is 6.07 Å². The second-order valence-corrected chi connectivity index (χ2v) is 3.71. The molecule has 1 aromatic carbocycles. The molecule has 0 spiro atoms. The van der Waals surface area contributed by atoms with Gasteiger partial charge in [0.05, 0.1) is 23.6 Å². The molecule has 2 N–H and O–H groups in total. The summed E-state index contributed by atoms with van der Waals surface area (Å²) in [7, 11) is 1.45. The molecular formula is C11H10N3O4. The molecule has 0 bridgehead atoms. The fourth-order valence-electron chi connectivity index (χ4n) is 1.94. The number of aryl methyl sites for hydroxylation is 1. The van der Waals surface area contributed by atoms with Crippen molar-refractivity contribution in [3.8, 4) is 5.75 Å². The number of amides is 1. The lowest BCUT2D eigenvalue weighted by Crippen LogP contribution is -2.19. The highest BCUT2D eigenvalue weighted by molar-refractivity contribution is 6.00. The van der Waals surface area contributed by atoms with E-state index in [-0.39, 0.29) is 11.2 Å². The van der Waals surface area contributed by atoms with Gasteiger partial charge in [0.15, 0.2) is 0 Å². The number of nitro benzene ring substituents is 1. The molecule has 7 nitrogen and oxygen atoms in total. The number of nitrogens with zero attached hydrogens (tertiary/aromatic N) is 2. The van der Waals surface area contributed by atoms with Crippen LogP contribution in [0.15, 0.2) is 12.1 Å². The Morgan fingerprint density at radius 3 is 2.78 bits per heavy atom. The van der Waals surface area contributed by atoms with Gasteiger partial charge < -0.3 is 10.5 Å². The van der Waals surface area contributed by atoms with E-state index in [1.165, 1.54) is 19.2 Å². The van der Waals surface area contributed by atoms with Crippen LogP contribution in [-0.2, 0) is 0 Å². The number of hydrogen-bond donors (Lipinski definition) is 1. The lowest BCUT2D eigenvalue weighted by Gasteiger charge is -2.07. The van der Waals surface area contributed by atoms with Crippen LogP contribution in [0.1, 0.15) is 5.56 Å². The summed E-state index contributed by atoms with van der Waals surface area (Å²) < 4.78 is 6.09. The molecule has 1 radical (unpaired) electrons. The van der Waals surface area contributed by atoms with Gasteiger partial charge in [-0.15, -0.1) is 0 Å². The third kappa shape index (κ3) is 1.56. The zero-order valence-electron chi connectivity index (χ0n) is 9.76. The molecule has 93 valence electrons. The Balaban J connectivity index is 2.96. The van der Waals surface area contributed by atoms with Crippen LogP contribution in [0.25, 0.3) is 10.9 Å². The molecule has 0 atom stereocenters. The van der Waals surface area contributed by atoms with E-state index < -0.39 is 11.0 Å². The second-order valence-electron chi connectivity index (χ2n) is 3.71. The summed E-state index contributed by atoms with van der Waals surface area (Å²) in [5.41, 5.74) is 5.64. The van der Waals surface area contributed by atoms with Gasteiger partial charge in [-0.1, -0.05) is 0 Å². The molecular weight excluding hydrogens is 238 g/mol. The van der Waals surface area contributed by atoms with E-state index in [9.17, 15) is 14.9 Å². The van der Waals surface area contributed by atoms with Gasteiger partial charge in [-0.2, -0.15) is 0 Å². The first-order valence-corrected chi connectivity index (χ1v) is 5.02. The van der Waals surface area contributed by atoms with Crippen LogP contribution in [-0.4, -0.2) is 22.6 Å². The zero-order valence-corrected chi connectivity index (χ0v) is 9.76. The summed E-state index contributed by atoms with van der Waals surface area (Å²) in [6.45, 7) is 1.69. The molecule has 0 aliphatic heterocycles. The Morgan fingerprint density at radius 2 is 2.28 bits per heavy atom. The van der Waals surface area contributed by atoms with Crippen LogP contribution in [0, 0.1) is 23.2 Å². The maximum absolute atomic E-state index is 11.2. The predicted octanol–water partition coefficient (Wildman–Crippen LogP) is 1.59. The summed E-state index contributed by atoms with van der Waals surface area (Å²) >= 11 is 0. The predicted molar refractivity (Wildman–Crippen MR) is 63.7 cm³/mol. The first-order chi connectivity index (χ1) is 8.47. The standard InChI is InChI=1S/C11H10N3O4/c1-6-5-8(14(16)17)9-7(10(6)18-2)3-4-13(9)11(12)15/h3,5H,1-2H3,(H2,12,15). The van der Waals surface area contributed by atoms with Crippen molar-refractivity contribution < 1.29 is 14.5 Å². The lowest BCUT2D eigenvalue weighted by molar-refractivity contribution is -0.383. The molecule has 0 aliphatic carbocycles. The van der Waals surface area contributed by atoms with Crippen LogP contribution in [0.5, 0.6) is 5.75 Å². The second kappa shape index (κ2) is 4.02. The molecule has 0 fully saturated rings. The summed E-state index contributed by atoms with van der Waals surface area (Å²) in [6.07, 6.45) is 2.57. The minimum Gasteiger partial charge on any atom is -0.496 e. The lowest BCUT2D eigenvalue weighted by atomic mass is 10.1. The minimum absolute atomic E-state index is 0.0925. The van der Waals surface area contributed by atoms with Gasteiger partial charge in [-0.05, 0) is 18.6 Å². The average Bonchev–Trinajstić information content (AvgIpc) is 2.72. The minimum atomic E-state index is -0.834. The third-order valence-electron chi connectivity index (χ3n) is 2.64. The first kappa shape index (κ1) is 11.9. The quantitative estimate of drug-likeness (QED) is 0.644. The number of rotatable bonds is 2. The molecule has 0 saturated heterocycles. The molecule has 1 heterocycles. The Labute approximate surface area is 102 Å². The highest BCUT2D eigenvalue weighted by Crippen LogP contribution is 2.36. The number of nitro groups is 1. The van der Waals surface area contributed by atoms with Crippen molar-refractivity contribution >= 4 is 22.6 Å². The number of fused-ring (bicyclic) bond motifs is 1. The third-order valence-corrected chi connectivity index (χ3v) is 2.64. The maximum Gasteiger partial charge on any atom is 0.324 e. The highest BCUT2D eigenvalue weighted by atomic mass is 16.6. The van der Waals surface area contributed by atoms with Crippen molar-refractivity contribution in [1.29, 1.82) is 0 Å². The molecule has 2 aromatic rings. The monoisotopic (exact) mass is 248 g/mol. The van der Waals surface area contributed by atoms with E-state index in [4.69, 9.17) is 10.5 Å². The van der Waals surface area contributed by atoms with E-state index in [0.717, 1.165) is 4.57 Å². The van der Waals surface area contributed by atoms with E-state index in [1.54, 1.807) is 6.92 Å². The van der Waals surface area contributed by atoms with Crippen molar-refractivity contribution in [2.45, 2.75) is 6.92 Å². The van der Waals surface area contributed by atoms with Gasteiger partial charge in [0.25, 0.3) is 5.69 Å². The Morgan fingerprint density at radius 1 is 1.61 bits per heavy atom. The number of aromatic nitrogens is 1.